The van der Waals surface area contributed by atoms with Gasteiger partial charge in [-0.1, -0.05) is 19.4 Å². The summed E-state index contributed by atoms with van der Waals surface area (Å²) < 4.78 is 22.7. The van der Waals surface area contributed by atoms with Crippen molar-refractivity contribution in [3.63, 3.8) is 0 Å². The maximum atomic E-state index is 15.2. The predicted molar refractivity (Wildman–Crippen MR) is 123 cm³/mol. The average molecular weight is 453 g/mol. The predicted octanol–water partition coefficient (Wildman–Crippen LogP) is 4.25. The van der Waals surface area contributed by atoms with Crippen molar-refractivity contribution in [2.75, 3.05) is 6.61 Å². The van der Waals surface area contributed by atoms with Crippen molar-refractivity contribution < 1.29 is 13.9 Å². The summed E-state index contributed by atoms with van der Waals surface area (Å²) in [5, 5.41) is 14.3. The molecule has 8 nitrogen and oxygen atoms in total. The van der Waals surface area contributed by atoms with E-state index in [0.717, 1.165) is 12.8 Å². The molecule has 0 saturated heterocycles. The Labute approximate surface area is 192 Å². The molecular formula is C24H29FN6O2. The van der Waals surface area contributed by atoms with Crippen LogP contribution in [-0.4, -0.2) is 37.5 Å². The van der Waals surface area contributed by atoms with E-state index in [0.29, 0.717) is 47.0 Å². The number of hydrogen-bond donors (Lipinski definition) is 2. The van der Waals surface area contributed by atoms with Crippen LogP contribution in [0.3, 0.4) is 0 Å². The minimum atomic E-state index is -0.983. The molecule has 1 aliphatic rings. The number of amides is 1. The van der Waals surface area contributed by atoms with Crippen LogP contribution >= 0.6 is 0 Å². The lowest BCUT2D eigenvalue weighted by atomic mass is 9.79. The first-order chi connectivity index (χ1) is 15.8. The van der Waals surface area contributed by atoms with E-state index in [1.807, 2.05) is 37.7 Å². The molecule has 1 aliphatic heterocycles. The van der Waals surface area contributed by atoms with Crippen molar-refractivity contribution in [1.29, 1.82) is 0 Å². The summed E-state index contributed by atoms with van der Waals surface area (Å²) in [7, 11) is 0. The standard InChI is InChI=1S/C24H29FN6O2/c1-5-6-11-33-16-7-8-18(19(25)12-16)24(4)13-17(20-9-10-31(30-20)15(2)3)21(23(32)28-24)22-26-14-27-29-22/h7-10,12,14-15H,5-6,11,13H2,1-4H3,(H,28,32)(H,26,27,29). The van der Waals surface area contributed by atoms with Crippen LogP contribution in [0.5, 0.6) is 5.75 Å². The van der Waals surface area contributed by atoms with Crippen LogP contribution in [0, 0.1) is 5.82 Å². The second kappa shape index (κ2) is 9.17. The summed E-state index contributed by atoms with van der Waals surface area (Å²) in [5.41, 5.74) is 1.09. The van der Waals surface area contributed by atoms with Crippen LogP contribution in [-0.2, 0) is 10.3 Å². The number of halogens is 1. The zero-order valence-electron chi connectivity index (χ0n) is 19.4. The van der Waals surface area contributed by atoms with E-state index in [-0.39, 0.29) is 11.9 Å². The highest BCUT2D eigenvalue weighted by Gasteiger charge is 2.41. The molecule has 1 atom stereocenters. The molecule has 2 aromatic heterocycles. The number of nitrogens with one attached hydrogen (secondary N) is 2. The van der Waals surface area contributed by atoms with Crippen molar-refractivity contribution in [2.45, 2.75) is 58.5 Å². The smallest absolute Gasteiger partial charge is 0.256 e. The number of aromatic nitrogens is 5. The number of unbranched alkanes of at least 4 members (excludes halogenated alkanes) is 1. The Kier molecular flexibility index (Phi) is 6.31. The Morgan fingerprint density at radius 1 is 1.30 bits per heavy atom. The maximum Gasteiger partial charge on any atom is 0.256 e. The SMILES string of the molecule is CCCCOc1ccc(C2(C)CC(c3ccn(C(C)C)n3)=C(c3ncn[nH]3)C(=O)N2)c(F)c1. The first-order valence-electron chi connectivity index (χ1n) is 11.2. The molecule has 0 bridgehead atoms. The molecule has 3 heterocycles. The third-order valence-corrected chi connectivity index (χ3v) is 5.85. The highest BCUT2D eigenvalue weighted by Crippen LogP contribution is 2.41. The molecule has 0 spiro atoms. The molecule has 0 fully saturated rings. The summed E-state index contributed by atoms with van der Waals surface area (Å²) in [5.74, 6) is 0.0345. The Bertz CT molecular complexity index is 1170. The molecule has 1 aromatic carbocycles. The van der Waals surface area contributed by atoms with E-state index in [2.05, 4.69) is 32.5 Å². The number of aromatic amines is 1. The quantitative estimate of drug-likeness (QED) is 0.498. The van der Waals surface area contributed by atoms with Gasteiger partial charge in [-0.25, -0.2) is 9.37 Å². The first kappa shape index (κ1) is 22.7. The summed E-state index contributed by atoms with van der Waals surface area (Å²) in [6.07, 6.45) is 5.46. The number of H-pyrrole nitrogens is 1. The highest BCUT2D eigenvalue weighted by atomic mass is 19.1. The van der Waals surface area contributed by atoms with E-state index in [4.69, 9.17) is 4.74 Å². The van der Waals surface area contributed by atoms with Gasteiger partial charge in [0.05, 0.1) is 23.4 Å². The number of hydrogen-bond acceptors (Lipinski definition) is 5. The van der Waals surface area contributed by atoms with E-state index in [9.17, 15) is 4.79 Å². The van der Waals surface area contributed by atoms with Gasteiger partial charge in [0.25, 0.3) is 5.91 Å². The number of carbonyl (C=O) groups excluding carboxylic acids is 1. The molecule has 0 saturated carbocycles. The summed E-state index contributed by atoms with van der Waals surface area (Å²) >= 11 is 0. The van der Waals surface area contributed by atoms with Gasteiger partial charge in [-0.3, -0.25) is 14.6 Å². The normalized spacial score (nSPS) is 18.7. The number of benzene rings is 1. The number of rotatable bonds is 8. The fourth-order valence-electron chi connectivity index (χ4n) is 4.05. The summed E-state index contributed by atoms with van der Waals surface area (Å²) in [6, 6.07) is 6.83. The zero-order chi connectivity index (χ0) is 23.6. The van der Waals surface area contributed by atoms with Gasteiger partial charge in [0, 0.05) is 30.3 Å². The van der Waals surface area contributed by atoms with Gasteiger partial charge in [0.2, 0.25) is 0 Å². The van der Waals surface area contributed by atoms with Gasteiger partial charge in [0.15, 0.2) is 5.82 Å². The van der Waals surface area contributed by atoms with Crippen molar-refractivity contribution in [3.8, 4) is 5.75 Å². The van der Waals surface area contributed by atoms with Crippen LogP contribution < -0.4 is 10.1 Å². The van der Waals surface area contributed by atoms with Crippen LogP contribution in [0.15, 0.2) is 36.8 Å². The van der Waals surface area contributed by atoms with Gasteiger partial charge in [-0.2, -0.15) is 10.2 Å². The van der Waals surface area contributed by atoms with Crippen molar-refractivity contribution >= 4 is 17.1 Å². The lowest BCUT2D eigenvalue weighted by molar-refractivity contribution is -0.117. The van der Waals surface area contributed by atoms with Crippen molar-refractivity contribution in [3.05, 3.63) is 59.7 Å². The van der Waals surface area contributed by atoms with Gasteiger partial charge in [0.1, 0.15) is 17.9 Å². The molecule has 1 amide bonds. The third kappa shape index (κ3) is 4.53. The molecular weight excluding hydrogens is 423 g/mol. The molecule has 174 valence electrons. The molecule has 9 heteroatoms. The fraction of sp³-hybridized carbons (Fsp3) is 0.417. The largest absolute Gasteiger partial charge is 0.493 e. The summed E-state index contributed by atoms with van der Waals surface area (Å²) in [4.78, 5) is 17.5. The maximum absolute atomic E-state index is 15.2. The van der Waals surface area contributed by atoms with E-state index < -0.39 is 11.4 Å². The highest BCUT2D eigenvalue weighted by molar-refractivity contribution is 6.27. The lowest BCUT2D eigenvalue weighted by Gasteiger charge is -2.37. The van der Waals surface area contributed by atoms with Gasteiger partial charge < -0.3 is 10.1 Å². The molecule has 4 rings (SSSR count). The fourth-order valence-corrected chi connectivity index (χ4v) is 4.05. The Morgan fingerprint density at radius 3 is 2.76 bits per heavy atom. The Morgan fingerprint density at radius 2 is 2.12 bits per heavy atom. The van der Waals surface area contributed by atoms with Gasteiger partial charge >= 0.3 is 0 Å². The summed E-state index contributed by atoms with van der Waals surface area (Å²) in [6.45, 7) is 8.48. The first-order valence-corrected chi connectivity index (χ1v) is 11.2. The van der Waals surface area contributed by atoms with Crippen molar-refractivity contribution in [2.24, 2.45) is 0 Å². The number of ether oxygens (including phenoxy) is 1. The van der Waals surface area contributed by atoms with Crippen molar-refractivity contribution in [1.82, 2.24) is 30.3 Å². The molecule has 0 aliphatic carbocycles. The minimum Gasteiger partial charge on any atom is -0.493 e. The van der Waals surface area contributed by atoms with Crippen LogP contribution in [0.4, 0.5) is 4.39 Å². The topological polar surface area (TPSA) is 97.7 Å². The Balaban J connectivity index is 1.74. The molecule has 3 aromatic rings. The Hall–Kier alpha value is -3.49. The minimum absolute atomic E-state index is 0.162. The molecule has 1 unspecified atom stereocenters. The van der Waals surface area contributed by atoms with Gasteiger partial charge in [-0.05, 0) is 44.9 Å². The monoisotopic (exact) mass is 452 g/mol. The number of carbonyl (C=O) groups is 1. The van der Waals surface area contributed by atoms with Crippen LogP contribution in [0.2, 0.25) is 0 Å². The van der Waals surface area contributed by atoms with Crippen LogP contribution in [0.25, 0.3) is 11.1 Å². The molecule has 33 heavy (non-hydrogen) atoms. The van der Waals surface area contributed by atoms with E-state index in [1.54, 1.807) is 12.1 Å². The average Bonchev–Trinajstić information content (AvgIpc) is 3.46. The third-order valence-electron chi connectivity index (χ3n) is 5.85. The lowest BCUT2D eigenvalue weighted by Crippen LogP contribution is -2.48. The van der Waals surface area contributed by atoms with E-state index >= 15 is 4.39 Å². The van der Waals surface area contributed by atoms with Crippen LogP contribution in [0.1, 0.15) is 70.1 Å². The number of nitrogens with zero attached hydrogens (tertiary/aromatic N) is 4. The zero-order valence-corrected chi connectivity index (χ0v) is 19.4. The van der Waals surface area contributed by atoms with E-state index in [1.165, 1.54) is 12.4 Å². The second-order valence-electron chi connectivity index (χ2n) is 8.77. The van der Waals surface area contributed by atoms with Gasteiger partial charge in [-0.15, -0.1) is 0 Å². The molecule has 2 N–H and O–H groups in total. The second-order valence-corrected chi connectivity index (χ2v) is 8.77. The molecule has 0 radical (unpaired) electrons.